The smallest absolute Gasteiger partial charge is 0.190 e. The zero-order chi connectivity index (χ0) is 20.7. The minimum absolute atomic E-state index is 0.0217. The second-order valence-corrected chi connectivity index (χ2v) is 10.1. The van der Waals surface area contributed by atoms with Gasteiger partial charge in [0.05, 0.1) is 6.10 Å². The SMILES string of the molecule is CC1CC2(C)C(=CC1=O)CCC1C3CCC(O)(C(=O)CO)C3(C)CC(O)C12F. The number of ketones is 2. The highest BCUT2D eigenvalue weighted by molar-refractivity contribution is 5.93. The Labute approximate surface area is 165 Å². The molecule has 0 aliphatic heterocycles. The molecule has 3 saturated carbocycles. The van der Waals surface area contributed by atoms with E-state index in [2.05, 4.69) is 0 Å². The highest BCUT2D eigenvalue weighted by Gasteiger charge is 2.74. The third-order valence-corrected chi connectivity index (χ3v) is 9.11. The first-order valence-electron chi connectivity index (χ1n) is 10.4. The third kappa shape index (κ3) is 2.12. The maximum absolute atomic E-state index is 17.0. The molecule has 0 saturated heterocycles. The Morgan fingerprint density at radius 3 is 2.57 bits per heavy atom. The van der Waals surface area contributed by atoms with Gasteiger partial charge in [-0.05, 0) is 50.5 Å². The second-order valence-electron chi connectivity index (χ2n) is 10.1. The van der Waals surface area contributed by atoms with Gasteiger partial charge >= 0.3 is 0 Å². The van der Waals surface area contributed by atoms with E-state index in [9.17, 15) is 24.9 Å². The fraction of sp³-hybridized carbons (Fsp3) is 0.818. The maximum Gasteiger partial charge on any atom is 0.190 e. The van der Waals surface area contributed by atoms with E-state index in [0.717, 1.165) is 5.57 Å². The number of carbonyl (C=O) groups excluding carboxylic acids is 2. The van der Waals surface area contributed by atoms with Gasteiger partial charge in [0.15, 0.2) is 11.6 Å². The van der Waals surface area contributed by atoms with Crippen LogP contribution in [0.1, 0.15) is 59.3 Å². The van der Waals surface area contributed by atoms with Crippen LogP contribution in [0.3, 0.4) is 0 Å². The van der Waals surface area contributed by atoms with Crippen LogP contribution in [-0.2, 0) is 9.59 Å². The van der Waals surface area contributed by atoms with Crippen LogP contribution in [0.15, 0.2) is 11.6 Å². The first-order chi connectivity index (χ1) is 13.0. The van der Waals surface area contributed by atoms with Crippen molar-refractivity contribution in [3.63, 3.8) is 0 Å². The number of alkyl halides is 1. The van der Waals surface area contributed by atoms with Gasteiger partial charge in [-0.1, -0.05) is 26.3 Å². The lowest BCUT2D eigenvalue weighted by Crippen LogP contribution is -2.69. The molecular formula is C22H31FO5. The molecule has 5 nitrogen and oxygen atoms in total. The van der Waals surface area contributed by atoms with Gasteiger partial charge in [-0.3, -0.25) is 9.59 Å². The van der Waals surface area contributed by atoms with Gasteiger partial charge in [0.2, 0.25) is 0 Å². The Kier molecular flexibility index (Phi) is 4.29. The van der Waals surface area contributed by atoms with Crippen molar-refractivity contribution in [1.82, 2.24) is 0 Å². The standard InChI is InChI=1S/C22H31FO5/c1-12-9-19(2)13(8-16(12)25)4-5-15-14-6-7-21(28,18(27)11-24)20(14,3)10-17(26)22(15,19)23/h8,12,14-15,17,24,26,28H,4-7,9-11H2,1-3H3. The number of aliphatic hydroxyl groups is 3. The number of fused-ring (bicyclic) bond motifs is 5. The average molecular weight is 394 g/mol. The summed E-state index contributed by atoms with van der Waals surface area (Å²) >= 11 is 0. The molecule has 0 radical (unpaired) electrons. The molecule has 0 heterocycles. The summed E-state index contributed by atoms with van der Waals surface area (Å²) < 4.78 is 17.0. The molecule has 4 aliphatic carbocycles. The van der Waals surface area contributed by atoms with Crippen molar-refractivity contribution in [2.24, 2.45) is 28.6 Å². The van der Waals surface area contributed by atoms with Crippen molar-refractivity contribution in [3.05, 3.63) is 11.6 Å². The molecule has 0 spiro atoms. The van der Waals surface area contributed by atoms with E-state index in [1.165, 1.54) is 0 Å². The molecule has 0 amide bonds. The summed E-state index contributed by atoms with van der Waals surface area (Å²) in [7, 11) is 0. The van der Waals surface area contributed by atoms with Crippen LogP contribution in [0.5, 0.6) is 0 Å². The molecule has 0 aromatic heterocycles. The van der Waals surface area contributed by atoms with Crippen molar-refractivity contribution in [2.45, 2.75) is 76.7 Å². The van der Waals surface area contributed by atoms with Gasteiger partial charge in [-0.2, -0.15) is 0 Å². The minimum Gasteiger partial charge on any atom is -0.390 e. The molecule has 4 aliphatic rings. The third-order valence-electron chi connectivity index (χ3n) is 9.11. The molecule has 8 atom stereocenters. The molecular weight excluding hydrogens is 363 g/mol. The van der Waals surface area contributed by atoms with Gasteiger partial charge < -0.3 is 15.3 Å². The minimum atomic E-state index is -1.90. The molecule has 0 aromatic carbocycles. The Bertz CT molecular complexity index is 764. The van der Waals surface area contributed by atoms with Gasteiger partial charge in [0.25, 0.3) is 0 Å². The van der Waals surface area contributed by atoms with E-state index in [-0.39, 0.29) is 30.5 Å². The number of halogens is 1. The van der Waals surface area contributed by atoms with Gasteiger partial charge in [-0.15, -0.1) is 0 Å². The van der Waals surface area contributed by atoms with Crippen molar-refractivity contribution in [2.75, 3.05) is 6.61 Å². The topological polar surface area (TPSA) is 94.8 Å². The van der Waals surface area contributed by atoms with E-state index in [0.29, 0.717) is 25.7 Å². The highest BCUT2D eigenvalue weighted by Crippen LogP contribution is 2.70. The lowest BCUT2D eigenvalue weighted by atomic mass is 9.43. The van der Waals surface area contributed by atoms with Crippen LogP contribution >= 0.6 is 0 Å². The monoisotopic (exact) mass is 394 g/mol. The molecule has 28 heavy (non-hydrogen) atoms. The first kappa shape index (κ1) is 20.2. The number of carbonyl (C=O) groups is 2. The van der Waals surface area contributed by atoms with E-state index in [4.69, 9.17) is 0 Å². The second kappa shape index (κ2) is 5.96. The van der Waals surface area contributed by atoms with E-state index in [1.54, 1.807) is 19.9 Å². The Morgan fingerprint density at radius 1 is 1.25 bits per heavy atom. The molecule has 0 aromatic rings. The van der Waals surface area contributed by atoms with Crippen LogP contribution < -0.4 is 0 Å². The first-order valence-corrected chi connectivity index (χ1v) is 10.4. The zero-order valence-electron chi connectivity index (χ0n) is 16.9. The zero-order valence-corrected chi connectivity index (χ0v) is 16.9. The highest BCUT2D eigenvalue weighted by atomic mass is 19.1. The summed E-state index contributed by atoms with van der Waals surface area (Å²) in [6, 6.07) is 0. The summed E-state index contributed by atoms with van der Waals surface area (Å²) in [5.74, 6) is -1.67. The number of rotatable bonds is 2. The molecule has 6 heteroatoms. The molecule has 3 N–H and O–H groups in total. The lowest BCUT2D eigenvalue weighted by Gasteiger charge is -2.63. The van der Waals surface area contributed by atoms with Crippen molar-refractivity contribution < 1.29 is 29.3 Å². The Hall–Kier alpha value is -1.11. The van der Waals surface area contributed by atoms with Crippen LogP contribution in [0.2, 0.25) is 0 Å². The lowest BCUT2D eigenvalue weighted by molar-refractivity contribution is -0.228. The molecule has 156 valence electrons. The van der Waals surface area contributed by atoms with Crippen molar-refractivity contribution >= 4 is 11.6 Å². The normalized spacial score (nSPS) is 53.1. The number of hydrogen-bond acceptors (Lipinski definition) is 5. The van der Waals surface area contributed by atoms with Crippen LogP contribution in [0, 0.1) is 28.6 Å². The summed E-state index contributed by atoms with van der Waals surface area (Å²) in [6.07, 6.45) is 2.34. The predicted molar refractivity (Wildman–Crippen MR) is 100 cm³/mol. The van der Waals surface area contributed by atoms with Crippen LogP contribution in [0.4, 0.5) is 4.39 Å². The van der Waals surface area contributed by atoms with Gasteiger partial charge in [0, 0.05) is 22.7 Å². The summed E-state index contributed by atoms with van der Waals surface area (Å²) in [5.41, 5.74) is -4.74. The van der Waals surface area contributed by atoms with Crippen molar-refractivity contribution in [3.8, 4) is 0 Å². The van der Waals surface area contributed by atoms with Crippen LogP contribution in [0.25, 0.3) is 0 Å². The van der Waals surface area contributed by atoms with E-state index in [1.807, 2.05) is 6.92 Å². The summed E-state index contributed by atoms with van der Waals surface area (Å²) in [5, 5.41) is 31.7. The number of allylic oxidation sites excluding steroid dienone is 1. The van der Waals surface area contributed by atoms with Gasteiger partial charge in [-0.25, -0.2) is 4.39 Å². The maximum atomic E-state index is 17.0. The summed E-state index contributed by atoms with van der Waals surface area (Å²) in [4.78, 5) is 24.6. The largest absolute Gasteiger partial charge is 0.390 e. The predicted octanol–water partition coefficient (Wildman–Crippen LogP) is 2.12. The Morgan fingerprint density at radius 2 is 1.93 bits per heavy atom. The fourth-order valence-corrected chi connectivity index (χ4v) is 7.49. The molecule has 0 bridgehead atoms. The fourth-order valence-electron chi connectivity index (χ4n) is 7.49. The summed E-state index contributed by atoms with van der Waals surface area (Å²) in [6.45, 7) is 4.65. The number of hydrogen-bond donors (Lipinski definition) is 3. The van der Waals surface area contributed by atoms with Crippen molar-refractivity contribution in [1.29, 1.82) is 0 Å². The number of aliphatic hydroxyl groups excluding tert-OH is 2. The Balaban J connectivity index is 1.80. The average Bonchev–Trinajstić information content (AvgIpc) is 2.89. The van der Waals surface area contributed by atoms with Crippen LogP contribution in [-0.4, -0.2) is 50.9 Å². The van der Waals surface area contributed by atoms with Gasteiger partial charge in [0.1, 0.15) is 17.9 Å². The number of Topliss-reactive ketones (excluding diaryl/α,β-unsaturated/α-hetero) is 1. The molecule has 4 rings (SSSR count). The molecule has 8 unspecified atom stereocenters. The molecule has 3 fully saturated rings. The van der Waals surface area contributed by atoms with E-state index >= 15 is 4.39 Å². The quantitative estimate of drug-likeness (QED) is 0.667. The van der Waals surface area contributed by atoms with E-state index < -0.39 is 46.5 Å².